The third-order valence-electron chi connectivity index (χ3n) is 1.88. The number of aryl methyl sites for hydroxylation is 1. The van der Waals surface area contributed by atoms with Crippen molar-refractivity contribution in [2.75, 3.05) is 0 Å². The fourth-order valence-corrected chi connectivity index (χ4v) is 1.97. The highest BCUT2D eigenvalue weighted by molar-refractivity contribution is 7.90. The Morgan fingerprint density at radius 2 is 1.87 bits per heavy atom. The van der Waals surface area contributed by atoms with Gasteiger partial charge in [-0.2, -0.15) is 0 Å². The van der Waals surface area contributed by atoms with Gasteiger partial charge in [0.2, 0.25) is 0 Å². The van der Waals surface area contributed by atoms with Crippen molar-refractivity contribution in [3.05, 3.63) is 29.8 Å². The van der Waals surface area contributed by atoms with Gasteiger partial charge in [-0.1, -0.05) is 19.1 Å². The maximum absolute atomic E-state index is 11.4. The average Bonchev–Trinajstić information content (AvgIpc) is 2.16. The molecule has 0 saturated heterocycles. The molecule has 0 aliphatic rings. The van der Waals surface area contributed by atoms with Gasteiger partial charge >= 0.3 is 6.03 Å². The Hall–Kier alpha value is -1.56. The zero-order valence-corrected chi connectivity index (χ0v) is 9.04. The summed E-state index contributed by atoms with van der Waals surface area (Å²) in [5.74, 6) is 0. The number of urea groups is 1. The first kappa shape index (κ1) is 11.5. The van der Waals surface area contributed by atoms with Gasteiger partial charge in [0.05, 0.1) is 4.90 Å². The van der Waals surface area contributed by atoms with E-state index in [9.17, 15) is 13.2 Å². The van der Waals surface area contributed by atoms with Gasteiger partial charge in [-0.05, 0) is 24.1 Å². The van der Waals surface area contributed by atoms with Gasteiger partial charge in [0.15, 0.2) is 0 Å². The largest absolute Gasteiger partial charge is 0.351 e. The van der Waals surface area contributed by atoms with Crippen molar-refractivity contribution < 1.29 is 13.2 Å². The van der Waals surface area contributed by atoms with E-state index in [-0.39, 0.29) is 4.90 Å². The lowest BCUT2D eigenvalue weighted by Crippen LogP contribution is -2.34. The number of nitrogens with two attached hydrogens (primary N) is 1. The lowest BCUT2D eigenvalue weighted by Gasteiger charge is -2.04. The number of primary amides is 1. The Bertz CT molecular complexity index is 451. The molecule has 0 bridgehead atoms. The second kappa shape index (κ2) is 4.31. The molecule has 0 saturated carbocycles. The van der Waals surface area contributed by atoms with Gasteiger partial charge < -0.3 is 5.73 Å². The van der Waals surface area contributed by atoms with Crippen molar-refractivity contribution in [1.29, 1.82) is 0 Å². The normalized spacial score (nSPS) is 11.0. The molecule has 1 aromatic carbocycles. The highest BCUT2D eigenvalue weighted by atomic mass is 32.2. The van der Waals surface area contributed by atoms with E-state index in [1.165, 1.54) is 12.1 Å². The molecule has 15 heavy (non-hydrogen) atoms. The molecular weight excluding hydrogens is 216 g/mol. The highest BCUT2D eigenvalue weighted by Crippen LogP contribution is 2.10. The maximum atomic E-state index is 11.4. The van der Waals surface area contributed by atoms with Crippen LogP contribution in [-0.4, -0.2) is 14.4 Å². The number of nitrogens with one attached hydrogen (secondary N) is 1. The smallest absolute Gasteiger partial charge is 0.326 e. The fourth-order valence-electron chi connectivity index (χ4n) is 1.10. The van der Waals surface area contributed by atoms with Crippen LogP contribution in [0.5, 0.6) is 0 Å². The number of benzene rings is 1. The van der Waals surface area contributed by atoms with Crippen molar-refractivity contribution in [2.45, 2.75) is 18.2 Å². The number of carbonyl (C=O) groups excluding carboxylic acids is 1. The van der Waals surface area contributed by atoms with Crippen LogP contribution < -0.4 is 10.5 Å². The van der Waals surface area contributed by atoms with Crippen molar-refractivity contribution in [1.82, 2.24) is 4.72 Å². The summed E-state index contributed by atoms with van der Waals surface area (Å²) < 4.78 is 24.5. The Morgan fingerprint density at radius 1 is 1.33 bits per heavy atom. The predicted molar refractivity (Wildman–Crippen MR) is 55.7 cm³/mol. The third-order valence-corrected chi connectivity index (χ3v) is 3.24. The summed E-state index contributed by atoms with van der Waals surface area (Å²) in [5, 5.41) is 0. The molecule has 2 amide bonds. The Balaban J connectivity index is 3.01. The van der Waals surface area contributed by atoms with Crippen LogP contribution in [0.2, 0.25) is 0 Å². The van der Waals surface area contributed by atoms with Gasteiger partial charge in [-0.15, -0.1) is 0 Å². The zero-order chi connectivity index (χ0) is 11.5. The molecule has 6 heteroatoms. The standard InChI is InChI=1S/C9H12N2O3S/c1-2-7-3-5-8(6-4-7)15(13,14)11-9(10)12/h3-6H,2H2,1H3,(H3,10,11,12). The number of rotatable bonds is 3. The van der Waals surface area contributed by atoms with Crippen LogP contribution in [0.4, 0.5) is 4.79 Å². The molecule has 0 radical (unpaired) electrons. The van der Waals surface area contributed by atoms with E-state index in [0.29, 0.717) is 0 Å². The van der Waals surface area contributed by atoms with Gasteiger partial charge in [-0.25, -0.2) is 17.9 Å². The molecule has 0 atom stereocenters. The first-order chi connectivity index (χ1) is 6.95. The van der Waals surface area contributed by atoms with Crippen LogP contribution in [0.25, 0.3) is 0 Å². The van der Waals surface area contributed by atoms with E-state index in [0.717, 1.165) is 12.0 Å². The van der Waals surface area contributed by atoms with Crippen LogP contribution in [0.15, 0.2) is 29.2 Å². The SMILES string of the molecule is CCc1ccc(S(=O)(=O)NC(N)=O)cc1. The second-order valence-corrected chi connectivity index (χ2v) is 4.65. The molecular formula is C9H12N2O3S. The van der Waals surface area contributed by atoms with Crippen LogP contribution in [0.3, 0.4) is 0 Å². The molecule has 0 aromatic heterocycles. The van der Waals surface area contributed by atoms with Gasteiger partial charge in [0.1, 0.15) is 0 Å². The summed E-state index contributed by atoms with van der Waals surface area (Å²) in [6, 6.07) is 5.16. The van der Waals surface area contributed by atoms with E-state index < -0.39 is 16.1 Å². The maximum Gasteiger partial charge on any atom is 0.326 e. The first-order valence-corrected chi connectivity index (χ1v) is 5.85. The lowest BCUT2D eigenvalue weighted by atomic mass is 10.2. The Kier molecular flexibility index (Phi) is 3.31. The molecule has 82 valence electrons. The summed E-state index contributed by atoms with van der Waals surface area (Å²) in [6.45, 7) is 1.96. The summed E-state index contributed by atoms with van der Waals surface area (Å²) in [4.78, 5) is 10.5. The highest BCUT2D eigenvalue weighted by Gasteiger charge is 2.14. The monoisotopic (exact) mass is 228 g/mol. The van der Waals surface area contributed by atoms with Gasteiger partial charge in [0, 0.05) is 0 Å². The minimum absolute atomic E-state index is 0.0264. The van der Waals surface area contributed by atoms with E-state index in [2.05, 4.69) is 0 Å². The minimum atomic E-state index is -3.81. The van der Waals surface area contributed by atoms with E-state index in [1.807, 2.05) is 6.92 Å². The van der Waals surface area contributed by atoms with Crippen LogP contribution >= 0.6 is 0 Å². The van der Waals surface area contributed by atoms with Gasteiger partial charge in [-0.3, -0.25) is 0 Å². The van der Waals surface area contributed by atoms with Crippen LogP contribution in [0.1, 0.15) is 12.5 Å². The molecule has 5 nitrogen and oxygen atoms in total. The van der Waals surface area contributed by atoms with Gasteiger partial charge in [0.25, 0.3) is 10.0 Å². The molecule has 0 fully saturated rings. The number of sulfonamides is 1. The van der Waals surface area contributed by atoms with Crippen molar-refractivity contribution in [3.8, 4) is 0 Å². The molecule has 0 heterocycles. The number of amides is 2. The Morgan fingerprint density at radius 3 is 2.27 bits per heavy atom. The zero-order valence-electron chi connectivity index (χ0n) is 8.23. The first-order valence-electron chi connectivity index (χ1n) is 4.37. The topological polar surface area (TPSA) is 89.3 Å². The average molecular weight is 228 g/mol. The van der Waals surface area contributed by atoms with E-state index in [4.69, 9.17) is 5.73 Å². The molecule has 0 unspecified atom stereocenters. The summed E-state index contributed by atoms with van der Waals surface area (Å²) in [7, 11) is -3.81. The third kappa shape index (κ3) is 2.95. The molecule has 1 rings (SSSR count). The second-order valence-electron chi connectivity index (χ2n) is 2.97. The van der Waals surface area contributed by atoms with E-state index >= 15 is 0 Å². The molecule has 0 spiro atoms. The fraction of sp³-hybridized carbons (Fsp3) is 0.222. The minimum Gasteiger partial charge on any atom is -0.351 e. The predicted octanol–water partition coefficient (Wildman–Crippen LogP) is 0.606. The number of carbonyl (C=O) groups is 1. The number of hydrogen-bond donors (Lipinski definition) is 2. The van der Waals surface area contributed by atoms with Crippen LogP contribution in [-0.2, 0) is 16.4 Å². The van der Waals surface area contributed by atoms with Crippen LogP contribution in [0, 0.1) is 0 Å². The van der Waals surface area contributed by atoms with Crippen molar-refractivity contribution >= 4 is 16.1 Å². The van der Waals surface area contributed by atoms with Crippen molar-refractivity contribution in [3.63, 3.8) is 0 Å². The summed E-state index contributed by atoms with van der Waals surface area (Å²) in [5.41, 5.74) is 5.76. The summed E-state index contributed by atoms with van der Waals surface area (Å²) >= 11 is 0. The quantitative estimate of drug-likeness (QED) is 0.794. The molecule has 1 aromatic rings. The summed E-state index contributed by atoms with van der Waals surface area (Å²) in [6.07, 6.45) is 0.823. The van der Waals surface area contributed by atoms with E-state index in [1.54, 1.807) is 16.9 Å². The number of hydrogen-bond acceptors (Lipinski definition) is 3. The molecule has 0 aliphatic carbocycles. The molecule has 0 aliphatic heterocycles. The molecule has 3 N–H and O–H groups in total. The van der Waals surface area contributed by atoms with Crippen molar-refractivity contribution in [2.24, 2.45) is 5.73 Å². The Labute approximate surface area is 88.3 Å². The lowest BCUT2D eigenvalue weighted by molar-refractivity contribution is 0.253.